The van der Waals surface area contributed by atoms with Gasteiger partial charge in [0.05, 0.1) is 30.7 Å². The molecule has 1 fully saturated rings. The van der Waals surface area contributed by atoms with E-state index in [1.54, 1.807) is 34.0 Å². The lowest BCUT2D eigenvalue weighted by Crippen LogP contribution is -2.48. The highest BCUT2D eigenvalue weighted by Crippen LogP contribution is 2.26. The van der Waals surface area contributed by atoms with Crippen molar-refractivity contribution in [2.75, 3.05) is 18.0 Å². The molecule has 3 heterocycles. The smallest absolute Gasteiger partial charge is 0.209 e. The molecule has 2 aromatic heterocycles. The molecule has 4 aromatic rings. The summed E-state index contributed by atoms with van der Waals surface area (Å²) in [6, 6.07) is 17.1. The van der Waals surface area contributed by atoms with Gasteiger partial charge in [-0.1, -0.05) is 18.2 Å². The number of halogens is 2. The fourth-order valence-electron chi connectivity index (χ4n) is 3.49. The molecule has 0 unspecified atom stereocenters. The lowest BCUT2D eigenvalue weighted by atomic mass is 10.1. The zero-order chi connectivity index (χ0) is 20.7. The Morgan fingerprint density at radius 3 is 2.50 bits per heavy atom. The van der Waals surface area contributed by atoms with Crippen LogP contribution in [0.25, 0.3) is 22.8 Å². The summed E-state index contributed by atoms with van der Waals surface area (Å²) in [6.07, 6.45) is 2.14. The summed E-state index contributed by atoms with van der Waals surface area (Å²) >= 11 is 0. The molecule has 0 aliphatic carbocycles. The second-order valence-electron chi connectivity index (χ2n) is 7.07. The molecule has 2 aromatic carbocycles. The molecule has 8 heteroatoms. The average Bonchev–Trinajstić information content (AvgIpc) is 3.22. The molecule has 0 N–H and O–H groups in total. The second-order valence-corrected chi connectivity index (χ2v) is 7.07. The highest BCUT2D eigenvalue weighted by molar-refractivity contribution is 5.58. The molecule has 0 amide bonds. The number of rotatable bonds is 4. The van der Waals surface area contributed by atoms with E-state index in [1.807, 2.05) is 30.3 Å². The summed E-state index contributed by atoms with van der Waals surface area (Å²) in [5.41, 5.74) is 1.97. The van der Waals surface area contributed by atoms with Crippen molar-refractivity contribution in [3.8, 4) is 22.8 Å². The third kappa shape index (κ3) is 3.16. The van der Waals surface area contributed by atoms with E-state index >= 15 is 0 Å². The summed E-state index contributed by atoms with van der Waals surface area (Å²) in [6.45, 7) is 0.533. The zero-order valence-corrected chi connectivity index (χ0v) is 15.8. The molecule has 150 valence electrons. The highest BCUT2D eigenvalue weighted by Gasteiger charge is 2.27. The zero-order valence-electron chi connectivity index (χ0n) is 15.8. The van der Waals surface area contributed by atoms with E-state index in [1.165, 1.54) is 23.0 Å². The average molecular weight is 405 g/mol. The predicted octanol–water partition coefficient (Wildman–Crippen LogP) is 3.38. The lowest BCUT2D eigenvalue weighted by Gasteiger charge is -2.36. The van der Waals surface area contributed by atoms with E-state index in [9.17, 15) is 13.6 Å². The van der Waals surface area contributed by atoms with Crippen molar-refractivity contribution >= 4 is 5.69 Å². The Kier molecular flexibility index (Phi) is 4.39. The van der Waals surface area contributed by atoms with Crippen molar-refractivity contribution in [3.63, 3.8) is 0 Å². The van der Waals surface area contributed by atoms with Gasteiger partial charge < -0.3 is 4.90 Å². The van der Waals surface area contributed by atoms with E-state index in [0.717, 1.165) is 5.69 Å². The number of alkyl halides is 1. The first-order chi connectivity index (χ1) is 14.6. The van der Waals surface area contributed by atoms with Gasteiger partial charge in [-0.05, 0) is 36.4 Å². The number of aromatic nitrogens is 4. The predicted molar refractivity (Wildman–Crippen MR) is 109 cm³/mol. The molecule has 6 nitrogen and oxygen atoms in total. The molecule has 0 spiro atoms. The number of benzene rings is 2. The minimum atomic E-state index is -0.870. The molecule has 1 aliphatic rings. The lowest BCUT2D eigenvalue weighted by molar-refractivity contribution is 0.274. The first kappa shape index (κ1) is 18.2. The molecule has 1 aliphatic heterocycles. The number of para-hydroxylation sites is 1. The minimum Gasteiger partial charge on any atom is -0.365 e. The van der Waals surface area contributed by atoms with Gasteiger partial charge in [-0.15, -0.1) is 0 Å². The Morgan fingerprint density at radius 1 is 0.967 bits per heavy atom. The Hall–Kier alpha value is -3.81. The first-order valence-corrected chi connectivity index (χ1v) is 9.49. The van der Waals surface area contributed by atoms with Gasteiger partial charge in [0.2, 0.25) is 5.43 Å². The topological polar surface area (TPSA) is 56.0 Å². The van der Waals surface area contributed by atoms with E-state index in [-0.39, 0.29) is 29.9 Å². The number of nitrogens with zero attached hydrogens (tertiary/aromatic N) is 5. The van der Waals surface area contributed by atoms with E-state index in [0.29, 0.717) is 11.4 Å². The van der Waals surface area contributed by atoms with Crippen molar-refractivity contribution in [2.24, 2.45) is 0 Å². The number of hydrogen-bond acceptors (Lipinski definition) is 4. The summed E-state index contributed by atoms with van der Waals surface area (Å²) in [4.78, 5) is 14.3. The first-order valence-electron chi connectivity index (χ1n) is 9.49. The molecular weight excluding hydrogens is 388 g/mol. The van der Waals surface area contributed by atoms with Crippen LogP contribution in [-0.2, 0) is 0 Å². The van der Waals surface area contributed by atoms with E-state index in [2.05, 4.69) is 10.2 Å². The largest absolute Gasteiger partial charge is 0.365 e. The molecule has 0 bridgehead atoms. The second kappa shape index (κ2) is 7.22. The van der Waals surface area contributed by atoms with Crippen molar-refractivity contribution in [2.45, 2.75) is 6.17 Å². The monoisotopic (exact) mass is 405 g/mol. The van der Waals surface area contributed by atoms with Crippen LogP contribution in [-0.4, -0.2) is 38.8 Å². The van der Waals surface area contributed by atoms with Gasteiger partial charge >= 0.3 is 0 Å². The normalized spacial score (nSPS) is 14.0. The molecule has 0 saturated carbocycles. The van der Waals surface area contributed by atoms with Gasteiger partial charge in [0.15, 0.2) is 11.5 Å². The van der Waals surface area contributed by atoms with Gasteiger partial charge in [0.25, 0.3) is 0 Å². The van der Waals surface area contributed by atoms with E-state index < -0.39 is 12.0 Å². The maximum Gasteiger partial charge on any atom is 0.209 e. The SMILES string of the molecule is O=c1ccn(-c2ccc(N3CC(F)C3)cc2F)nc1-c1ccnn1-c1ccccc1. The van der Waals surface area contributed by atoms with Crippen LogP contribution in [0, 0.1) is 5.82 Å². The van der Waals surface area contributed by atoms with Crippen LogP contribution in [0.15, 0.2) is 77.9 Å². The fraction of sp³-hybridized carbons (Fsp3) is 0.136. The Labute approximate surface area is 170 Å². The van der Waals surface area contributed by atoms with Crippen LogP contribution in [0.2, 0.25) is 0 Å². The molecule has 0 atom stereocenters. The summed E-state index contributed by atoms with van der Waals surface area (Å²) in [7, 11) is 0. The van der Waals surface area contributed by atoms with Crippen LogP contribution >= 0.6 is 0 Å². The molecular formula is C22H17F2N5O. The third-order valence-corrected chi connectivity index (χ3v) is 5.07. The van der Waals surface area contributed by atoms with Gasteiger partial charge in [0, 0.05) is 18.0 Å². The van der Waals surface area contributed by atoms with Crippen LogP contribution < -0.4 is 10.3 Å². The molecule has 30 heavy (non-hydrogen) atoms. The van der Waals surface area contributed by atoms with Crippen molar-refractivity contribution in [3.05, 3.63) is 89.1 Å². The standard InChI is InChI=1S/C22H17F2N5O/c23-15-13-27(14-15)17-6-7-19(18(24)12-17)28-11-9-21(30)22(26-28)20-8-10-25-29(20)16-4-2-1-3-5-16/h1-12,15H,13-14H2. The summed E-state index contributed by atoms with van der Waals surface area (Å²) in [5.74, 6) is -0.506. The molecule has 5 rings (SSSR count). The van der Waals surface area contributed by atoms with Crippen LogP contribution in [0.5, 0.6) is 0 Å². The van der Waals surface area contributed by atoms with Crippen molar-refractivity contribution in [1.29, 1.82) is 0 Å². The third-order valence-electron chi connectivity index (χ3n) is 5.07. The Morgan fingerprint density at radius 2 is 1.77 bits per heavy atom. The maximum atomic E-state index is 14.8. The molecule has 0 radical (unpaired) electrons. The highest BCUT2D eigenvalue weighted by atomic mass is 19.1. The quantitative estimate of drug-likeness (QED) is 0.522. The van der Waals surface area contributed by atoms with Crippen LogP contribution in [0.3, 0.4) is 0 Å². The van der Waals surface area contributed by atoms with Gasteiger partial charge in [-0.3, -0.25) is 4.79 Å². The molecule has 1 saturated heterocycles. The Balaban J connectivity index is 1.54. The summed E-state index contributed by atoms with van der Waals surface area (Å²) < 4.78 is 30.8. The van der Waals surface area contributed by atoms with Crippen molar-refractivity contribution in [1.82, 2.24) is 19.6 Å². The number of anilines is 1. The van der Waals surface area contributed by atoms with E-state index in [4.69, 9.17) is 0 Å². The van der Waals surface area contributed by atoms with Gasteiger partial charge in [-0.25, -0.2) is 18.1 Å². The number of hydrogen-bond donors (Lipinski definition) is 0. The van der Waals surface area contributed by atoms with Gasteiger partial charge in [-0.2, -0.15) is 10.2 Å². The maximum absolute atomic E-state index is 14.8. The fourth-order valence-corrected chi connectivity index (χ4v) is 3.49. The summed E-state index contributed by atoms with van der Waals surface area (Å²) in [5, 5.41) is 8.68. The van der Waals surface area contributed by atoms with Crippen LogP contribution in [0.1, 0.15) is 0 Å². The minimum absolute atomic E-state index is 0.158. The van der Waals surface area contributed by atoms with Crippen LogP contribution in [0.4, 0.5) is 14.5 Å². The van der Waals surface area contributed by atoms with Gasteiger partial charge in [0.1, 0.15) is 11.9 Å². The van der Waals surface area contributed by atoms with Crippen molar-refractivity contribution < 1.29 is 8.78 Å². The Bertz CT molecular complexity index is 1260.